The zero-order chi connectivity index (χ0) is 12.2. The molecule has 2 nitrogen and oxygen atoms in total. The van der Waals surface area contributed by atoms with Gasteiger partial charge in [-0.1, -0.05) is 41.4 Å². The summed E-state index contributed by atoms with van der Waals surface area (Å²) in [5.41, 5.74) is 0.406. The first-order valence-electron chi connectivity index (χ1n) is 5.46. The van der Waals surface area contributed by atoms with E-state index in [9.17, 15) is 9.90 Å². The first-order valence-corrected chi connectivity index (χ1v) is 6.25. The Morgan fingerprint density at radius 2 is 2.19 bits per heavy atom. The average molecular weight is 285 g/mol. The highest BCUT2D eigenvalue weighted by atomic mass is 79.9. The van der Waals surface area contributed by atoms with Crippen LogP contribution in [0, 0.1) is 5.41 Å². The normalized spacial score (nSPS) is 14.4. The van der Waals surface area contributed by atoms with Gasteiger partial charge >= 0.3 is 5.97 Å². The fourth-order valence-electron chi connectivity index (χ4n) is 1.92. The summed E-state index contributed by atoms with van der Waals surface area (Å²) in [4.78, 5) is 11.3. The molecule has 0 aliphatic rings. The summed E-state index contributed by atoms with van der Waals surface area (Å²) in [6.07, 6.45) is 2.17. The third-order valence-corrected chi connectivity index (χ3v) is 3.29. The number of carboxylic acid groups (broad SMARTS) is 1. The lowest BCUT2D eigenvalue weighted by atomic mass is 9.80. The summed E-state index contributed by atoms with van der Waals surface area (Å²) in [6.45, 7) is 3.84. The largest absolute Gasteiger partial charge is 0.481 e. The zero-order valence-corrected chi connectivity index (χ0v) is 11.3. The predicted octanol–water partition coefficient (Wildman–Crippen LogP) is 3.88. The number of hydrogen-bond acceptors (Lipinski definition) is 1. The van der Waals surface area contributed by atoms with Gasteiger partial charge in [-0.15, -0.1) is 0 Å². The number of carboxylic acids is 1. The minimum absolute atomic E-state index is 0.579. The standard InChI is InChI=1S/C13H17BrO2/c1-3-7-13(2,12(15)16)9-10-5-4-6-11(14)8-10/h4-6,8H,3,7,9H2,1-2H3,(H,15,16). The van der Waals surface area contributed by atoms with Gasteiger partial charge < -0.3 is 5.11 Å². The van der Waals surface area contributed by atoms with Crippen LogP contribution < -0.4 is 0 Å². The van der Waals surface area contributed by atoms with Gasteiger partial charge in [-0.2, -0.15) is 0 Å². The lowest BCUT2D eigenvalue weighted by Crippen LogP contribution is -2.29. The molecule has 88 valence electrons. The van der Waals surface area contributed by atoms with Crippen molar-refractivity contribution in [3.05, 3.63) is 34.3 Å². The first kappa shape index (κ1) is 13.2. The van der Waals surface area contributed by atoms with Crippen LogP contribution in [-0.2, 0) is 11.2 Å². The average Bonchev–Trinajstić information content (AvgIpc) is 2.17. The van der Waals surface area contributed by atoms with E-state index in [0.717, 1.165) is 16.5 Å². The Balaban J connectivity index is 2.87. The number of rotatable bonds is 5. The van der Waals surface area contributed by atoms with Crippen molar-refractivity contribution in [1.82, 2.24) is 0 Å². The summed E-state index contributed by atoms with van der Waals surface area (Å²) in [6, 6.07) is 7.84. The van der Waals surface area contributed by atoms with Crippen molar-refractivity contribution in [1.29, 1.82) is 0 Å². The molecule has 0 aliphatic carbocycles. The van der Waals surface area contributed by atoms with Crippen LogP contribution in [0.3, 0.4) is 0 Å². The maximum Gasteiger partial charge on any atom is 0.309 e. The van der Waals surface area contributed by atoms with E-state index in [4.69, 9.17) is 0 Å². The number of benzene rings is 1. The Morgan fingerprint density at radius 3 is 2.69 bits per heavy atom. The quantitative estimate of drug-likeness (QED) is 0.891. The van der Waals surface area contributed by atoms with Crippen LogP contribution in [0.5, 0.6) is 0 Å². The summed E-state index contributed by atoms with van der Waals surface area (Å²) >= 11 is 3.40. The Labute approximate surface area is 105 Å². The highest BCUT2D eigenvalue weighted by Crippen LogP contribution is 2.29. The molecule has 1 rings (SSSR count). The van der Waals surface area contributed by atoms with Crippen LogP contribution in [0.2, 0.25) is 0 Å². The van der Waals surface area contributed by atoms with E-state index in [0.29, 0.717) is 12.8 Å². The molecule has 0 aliphatic heterocycles. The fourth-order valence-corrected chi connectivity index (χ4v) is 2.37. The number of carbonyl (C=O) groups is 1. The van der Waals surface area contributed by atoms with E-state index in [2.05, 4.69) is 15.9 Å². The molecule has 16 heavy (non-hydrogen) atoms. The molecule has 0 saturated heterocycles. The summed E-state index contributed by atoms with van der Waals surface area (Å²) in [5, 5.41) is 9.28. The second kappa shape index (κ2) is 5.48. The maximum absolute atomic E-state index is 11.3. The minimum atomic E-state index is -0.714. The van der Waals surface area contributed by atoms with E-state index in [1.54, 1.807) is 0 Å². The van der Waals surface area contributed by atoms with E-state index >= 15 is 0 Å². The van der Waals surface area contributed by atoms with Crippen LogP contribution >= 0.6 is 15.9 Å². The van der Waals surface area contributed by atoms with Crippen molar-refractivity contribution in [2.75, 3.05) is 0 Å². The number of halogens is 1. The molecule has 1 N–H and O–H groups in total. The van der Waals surface area contributed by atoms with Gasteiger partial charge in [0.15, 0.2) is 0 Å². The van der Waals surface area contributed by atoms with Crippen molar-refractivity contribution in [3.63, 3.8) is 0 Å². The number of hydrogen-bond donors (Lipinski definition) is 1. The maximum atomic E-state index is 11.3. The van der Waals surface area contributed by atoms with Crippen LogP contribution in [0.15, 0.2) is 28.7 Å². The van der Waals surface area contributed by atoms with E-state index in [-0.39, 0.29) is 0 Å². The molecule has 0 bridgehead atoms. The molecule has 0 amide bonds. The van der Waals surface area contributed by atoms with Crippen molar-refractivity contribution in [2.24, 2.45) is 5.41 Å². The van der Waals surface area contributed by atoms with Crippen LogP contribution in [-0.4, -0.2) is 11.1 Å². The van der Waals surface area contributed by atoms with Crippen molar-refractivity contribution >= 4 is 21.9 Å². The van der Waals surface area contributed by atoms with E-state index in [1.165, 1.54) is 0 Å². The fraction of sp³-hybridized carbons (Fsp3) is 0.462. The highest BCUT2D eigenvalue weighted by Gasteiger charge is 2.32. The van der Waals surface area contributed by atoms with Gasteiger partial charge in [0.1, 0.15) is 0 Å². The Bertz CT molecular complexity index is 376. The van der Waals surface area contributed by atoms with Crippen molar-refractivity contribution in [2.45, 2.75) is 33.1 Å². The molecule has 1 aromatic rings. The molecule has 0 aromatic heterocycles. The Kier molecular flexibility index (Phi) is 4.54. The van der Waals surface area contributed by atoms with Gasteiger partial charge in [-0.05, 0) is 37.5 Å². The molecule has 0 fully saturated rings. The third-order valence-electron chi connectivity index (χ3n) is 2.80. The molecule has 1 atom stereocenters. The topological polar surface area (TPSA) is 37.3 Å². The highest BCUT2D eigenvalue weighted by molar-refractivity contribution is 9.10. The van der Waals surface area contributed by atoms with Crippen LogP contribution in [0.4, 0.5) is 0 Å². The van der Waals surface area contributed by atoms with Crippen molar-refractivity contribution in [3.8, 4) is 0 Å². The van der Waals surface area contributed by atoms with Crippen molar-refractivity contribution < 1.29 is 9.90 Å². The molecule has 0 heterocycles. The van der Waals surface area contributed by atoms with Gasteiger partial charge in [-0.3, -0.25) is 4.79 Å². The first-order chi connectivity index (χ1) is 7.48. The summed E-state index contributed by atoms with van der Waals surface area (Å²) < 4.78 is 0.995. The molecule has 0 saturated carbocycles. The molecule has 0 spiro atoms. The lowest BCUT2D eigenvalue weighted by molar-refractivity contribution is -0.148. The molecular weight excluding hydrogens is 268 g/mol. The monoisotopic (exact) mass is 284 g/mol. The van der Waals surface area contributed by atoms with Gasteiger partial charge in [-0.25, -0.2) is 0 Å². The van der Waals surface area contributed by atoms with Gasteiger partial charge in [0, 0.05) is 4.47 Å². The predicted molar refractivity (Wildman–Crippen MR) is 68.5 cm³/mol. The molecule has 3 heteroatoms. The second-order valence-corrected chi connectivity index (χ2v) is 5.34. The lowest BCUT2D eigenvalue weighted by Gasteiger charge is -2.24. The van der Waals surface area contributed by atoms with Gasteiger partial charge in [0.2, 0.25) is 0 Å². The minimum Gasteiger partial charge on any atom is -0.481 e. The molecule has 1 aromatic carbocycles. The Hall–Kier alpha value is -0.830. The SMILES string of the molecule is CCCC(C)(Cc1cccc(Br)c1)C(=O)O. The molecular formula is C13H17BrO2. The smallest absolute Gasteiger partial charge is 0.309 e. The summed E-state index contributed by atoms with van der Waals surface area (Å²) in [7, 11) is 0. The van der Waals surface area contributed by atoms with Gasteiger partial charge in [0.25, 0.3) is 0 Å². The van der Waals surface area contributed by atoms with Crippen LogP contribution in [0.1, 0.15) is 32.3 Å². The van der Waals surface area contributed by atoms with Gasteiger partial charge in [0.05, 0.1) is 5.41 Å². The molecule has 1 unspecified atom stereocenters. The Morgan fingerprint density at radius 1 is 1.50 bits per heavy atom. The van der Waals surface area contributed by atoms with Crippen LogP contribution in [0.25, 0.3) is 0 Å². The summed E-state index contributed by atoms with van der Waals surface area (Å²) in [5.74, 6) is -0.714. The van der Waals surface area contributed by atoms with E-state index in [1.807, 2.05) is 38.1 Å². The molecule has 0 radical (unpaired) electrons. The zero-order valence-electron chi connectivity index (χ0n) is 9.66. The number of aliphatic carboxylic acids is 1. The second-order valence-electron chi connectivity index (χ2n) is 4.42. The van der Waals surface area contributed by atoms with E-state index < -0.39 is 11.4 Å². The third kappa shape index (κ3) is 3.34.